The zero-order valence-electron chi connectivity index (χ0n) is 13.9. The molecule has 0 saturated carbocycles. The second kappa shape index (κ2) is 7.03. The van der Waals surface area contributed by atoms with Crippen LogP contribution in [0.4, 0.5) is 0 Å². The number of ether oxygens (including phenoxy) is 1. The SMILES string of the molecule is O=C(c1cnc2nc[nH]c2c1)N(CCc1ccccc1)[C@@H]1CCOC1. The second-order valence-corrected chi connectivity index (χ2v) is 6.25. The fourth-order valence-electron chi connectivity index (χ4n) is 3.22. The van der Waals surface area contributed by atoms with E-state index in [1.165, 1.54) is 5.56 Å². The van der Waals surface area contributed by atoms with Gasteiger partial charge in [0.25, 0.3) is 5.91 Å². The second-order valence-electron chi connectivity index (χ2n) is 6.25. The molecule has 1 N–H and O–H groups in total. The van der Waals surface area contributed by atoms with E-state index in [0.717, 1.165) is 18.4 Å². The zero-order valence-corrected chi connectivity index (χ0v) is 13.9. The lowest BCUT2D eigenvalue weighted by Gasteiger charge is -2.28. The minimum Gasteiger partial charge on any atom is -0.379 e. The fraction of sp³-hybridized carbons (Fsp3) is 0.316. The number of hydrogen-bond acceptors (Lipinski definition) is 4. The first kappa shape index (κ1) is 15.8. The molecule has 4 rings (SSSR count). The maximum absolute atomic E-state index is 13.1. The number of nitrogens with zero attached hydrogens (tertiary/aromatic N) is 3. The summed E-state index contributed by atoms with van der Waals surface area (Å²) in [4.78, 5) is 26.4. The summed E-state index contributed by atoms with van der Waals surface area (Å²) in [5, 5.41) is 0. The number of amides is 1. The molecule has 1 aliphatic heterocycles. The van der Waals surface area contributed by atoms with Crippen molar-refractivity contribution in [3.05, 3.63) is 60.0 Å². The molecule has 0 spiro atoms. The van der Waals surface area contributed by atoms with Crippen LogP contribution in [0.15, 0.2) is 48.9 Å². The van der Waals surface area contributed by atoms with Crippen molar-refractivity contribution in [3.63, 3.8) is 0 Å². The van der Waals surface area contributed by atoms with E-state index in [2.05, 4.69) is 27.1 Å². The Hall–Kier alpha value is -2.73. The van der Waals surface area contributed by atoms with Crippen LogP contribution < -0.4 is 0 Å². The van der Waals surface area contributed by atoms with Gasteiger partial charge in [-0.2, -0.15) is 0 Å². The number of carbonyl (C=O) groups excluding carboxylic acids is 1. The van der Waals surface area contributed by atoms with Crippen molar-refractivity contribution in [2.24, 2.45) is 0 Å². The van der Waals surface area contributed by atoms with Gasteiger partial charge in [-0.1, -0.05) is 30.3 Å². The van der Waals surface area contributed by atoms with E-state index in [9.17, 15) is 4.79 Å². The van der Waals surface area contributed by atoms with Gasteiger partial charge in [-0.3, -0.25) is 4.79 Å². The van der Waals surface area contributed by atoms with Gasteiger partial charge in [-0.25, -0.2) is 9.97 Å². The molecule has 1 atom stereocenters. The lowest BCUT2D eigenvalue weighted by Crippen LogP contribution is -2.42. The first-order valence-electron chi connectivity index (χ1n) is 8.53. The van der Waals surface area contributed by atoms with Crippen LogP contribution in [0.25, 0.3) is 11.2 Å². The van der Waals surface area contributed by atoms with E-state index >= 15 is 0 Å². The summed E-state index contributed by atoms with van der Waals surface area (Å²) < 4.78 is 5.51. The smallest absolute Gasteiger partial charge is 0.255 e. The molecular weight excluding hydrogens is 316 g/mol. The highest BCUT2D eigenvalue weighted by molar-refractivity contribution is 5.96. The lowest BCUT2D eigenvalue weighted by atomic mass is 10.1. The number of rotatable bonds is 5. The molecule has 0 radical (unpaired) electrons. The van der Waals surface area contributed by atoms with Gasteiger partial charge in [0.2, 0.25) is 0 Å². The van der Waals surface area contributed by atoms with Gasteiger partial charge in [0.1, 0.15) is 0 Å². The first-order valence-corrected chi connectivity index (χ1v) is 8.53. The largest absolute Gasteiger partial charge is 0.379 e. The molecule has 0 aliphatic carbocycles. The number of pyridine rings is 1. The van der Waals surface area contributed by atoms with Crippen molar-refractivity contribution in [1.29, 1.82) is 0 Å². The third-order valence-electron chi connectivity index (χ3n) is 4.61. The number of imidazole rings is 1. The Labute approximate surface area is 145 Å². The topological polar surface area (TPSA) is 71.1 Å². The Morgan fingerprint density at radius 1 is 1.28 bits per heavy atom. The quantitative estimate of drug-likeness (QED) is 0.777. The van der Waals surface area contributed by atoms with Crippen molar-refractivity contribution in [2.75, 3.05) is 19.8 Å². The average molecular weight is 336 g/mol. The molecule has 1 aliphatic rings. The van der Waals surface area contributed by atoms with Crippen LogP contribution in [0.2, 0.25) is 0 Å². The van der Waals surface area contributed by atoms with Crippen LogP contribution in [-0.2, 0) is 11.2 Å². The zero-order chi connectivity index (χ0) is 17.1. The number of fused-ring (bicyclic) bond motifs is 1. The van der Waals surface area contributed by atoms with Gasteiger partial charge in [0.05, 0.1) is 30.1 Å². The average Bonchev–Trinajstić information content (AvgIpc) is 3.34. The lowest BCUT2D eigenvalue weighted by molar-refractivity contribution is 0.0656. The molecule has 3 aromatic rings. The molecule has 3 heterocycles. The van der Waals surface area contributed by atoms with Crippen molar-refractivity contribution in [1.82, 2.24) is 19.9 Å². The van der Waals surface area contributed by atoms with Gasteiger partial charge in [-0.15, -0.1) is 0 Å². The summed E-state index contributed by atoms with van der Waals surface area (Å²) in [5.41, 5.74) is 3.20. The summed E-state index contributed by atoms with van der Waals surface area (Å²) in [5.74, 6) is -0.00423. The van der Waals surface area contributed by atoms with Gasteiger partial charge < -0.3 is 14.6 Å². The fourth-order valence-corrected chi connectivity index (χ4v) is 3.22. The van der Waals surface area contributed by atoms with Gasteiger partial charge in [0, 0.05) is 19.3 Å². The highest BCUT2D eigenvalue weighted by atomic mass is 16.5. The molecule has 6 heteroatoms. The molecule has 1 saturated heterocycles. The molecular formula is C19H20N4O2. The predicted octanol–water partition coefficient (Wildman–Crippen LogP) is 2.43. The van der Waals surface area contributed by atoms with Crippen LogP contribution >= 0.6 is 0 Å². The summed E-state index contributed by atoms with van der Waals surface area (Å²) in [6.07, 6.45) is 4.89. The van der Waals surface area contributed by atoms with Gasteiger partial charge in [0.15, 0.2) is 5.65 Å². The molecule has 128 valence electrons. The number of hydrogen-bond donors (Lipinski definition) is 1. The Bertz CT molecular complexity index is 856. The Morgan fingerprint density at radius 3 is 2.96 bits per heavy atom. The summed E-state index contributed by atoms with van der Waals surface area (Å²) in [7, 11) is 0. The van der Waals surface area contributed by atoms with E-state index in [-0.39, 0.29) is 11.9 Å². The number of benzene rings is 1. The van der Waals surface area contributed by atoms with Crippen LogP contribution in [0.5, 0.6) is 0 Å². The van der Waals surface area contributed by atoms with Crippen LogP contribution in [0, 0.1) is 0 Å². The minimum absolute atomic E-state index is 0.00423. The summed E-state index contributed by atoms with van der Waals surface area (Å²) in [6.45, 7) is 1.97. The number of carbonyl (C=O) groups is 1. The molecule has 0 bridgehead atoms. The molecule has 2 aromatic heterocycles. The summed E-state index contributed by atoms with van der Waals surface area (Å²) >= 11 is 0. The maximum atomic E-state index is 13.1. The van der Waals surface area contributed by atoms with Crippen molar-refractivity contribution < 1.29 is 9.53 Å². The van der Waals surface area contributed by atoms with Crippen LogP contribution in [-0.4, -0.2) is 51.6 Å². The molecule has 25 heavy (non-hydrogen) atoms. The summed E-state index contributed by atoms with van der Waals surface area (Å²) in [6, 6.07) is 12.2. The minimum atomic E-state index is -0.00423. The van der Waals surface area contributed by atoms with Crippen LogP contribution in [0.3, 0.4) is 0 Å². The van der Waals surface area contributed by atoms with Gasteiger partial charge in [-0.05, 0) is 24.5 Å². The Kier molecular flexibility index (Phi) is 4.43. The monoisotopic (exact) mass is 336 g/mol. The number of aromatic amines is 1. The normalized spacial score (nSPS) is 17.0. The molecule has 1 amide bonds. The van der Waals surface area contributed by atoms with E-state index in [1.807, 2.05) is 29.2 Å². The Morgan fingerprint density at radius 2 is 2.16 bits per heavy atom. The van der Waals surface area contributed by atoms with E-state index in [4.69, 9.17) is 4.74 Å². The third-order valence-corrected chi connectivity index (χ3v) is 4.61. The molecule has 1 fully saturated rings. The van der Waals surface area contributed by atoms with Crippen molar-refractivity contribution in [2.45, 2.75) is 18.9 Å². The maximum Gasteiger partial charge on any atom is 0.255 e. The van der Waals surface area contributed by atoms with Crippen molar-refractivity contribution in [3.8, 4) is 0 Å². The number of aromatic nitrogens is 3. The first-order chi connectivity index (χ1) is 12.3. The van der Waals surface area contributed by atoms with E-state index < -0.39 is 0 Å². The van der Waals surface area contributed by atoms with E-state index in [0.29, 0.717) is 31.0 Å². The Balaban J connectivity index is 1.56. The highest BCUT2D eigenvalue weighted by Crippen LogP contribution is 2.18. The standard InChI is InChI=1S/C19H20N4O2/c24-19(15-10-17-18(20-11-15)22-13-21-17)23(16-7-9-25-12-16)8-6-14-4-2-1-3-5-14/h1-5,10-11,13,16H,6-9,12H2,(H,20,21,22)/t16-/m1/s1. The van der Waals surface area contributed by atoms with Crippen molar-refractivity contribution >= 4 is 17.1 Å². The van der Waals surface area contributed by atoms with Crippen LogP contribution in [0.1, 0.15) is 22.3 Å². The molecule has 1 aromatic carbocycles. The third kappa shape index (κ3) is 3.39. The highest BCUT2D eigenvalue weighted by Gasteiger charge is 2.28. The van der Waals surface area contributed by atoms with Gasteiger partial charge >= 0.3 is 0 Å². The number of nitrogens with one attached hydrogen (secondary N) is 1. The number of H-pyrrole nitrogens is 1. The molecule has 6 nitrogen and oxygen atoms in total. The molecule has 0 unspecified atom stereocenters. The van der Waals surface area contributed by atoms with E-state index in [1.54, 1.807) is 12.5 Å². The predicted molar refractivity (Wildman–Crippen MR) is 94.3 cm³/mol.